The normalized spacial score (nSPS) is 10.8. The summed E-state index contributed by atoms with van der Waals surface area (Å²) in [6, 6.07) is 6.42. The number of aromatic nitrogens is 1. The smallest absolute Gasteiger partial charge is 0.128 e. The molecule has 2 aromatic rings. The Balaban J connectivity index is 2.91. The molecule has 2 rings (SSSR count). The largest absolute Gasteiger partial charge is 0.330 e. The number of hydrogen-bond donors (Lipinski definition) is 0. The monoisotopic (exact) mass is 246 g/mol. The van der Waals surface area contributed by atoms with E-state index in [2.05, 4.69) is 32.0 Å². The lowest BCUT2D eigenvalue weighted by Gasteiger charge is -2.06. The molecule has 0 unspecified atom stereocenters. The minimum absolute atomic E-state index is 0.568. The van der Waals surface area contributed by atoms with Crippen molar-refractivity contribution in [2.75, 3.05) is 0 Å². The molecule has 0 saturated heterocycles. The van der Waals surface area contributed by atoms with E-state index in [0.717, 1.165) is 29.4 Å². The highest BCUT2D eigenvalue weighted by atomic mass is 35.5. The van der Waals surface area contributed by atoms with Gasteiger partial charge in [0.15, 0.2) is 0 Å². The molecular weight excluding hydrogens is 232 g/mol. The van der Waals surface area contributed by atoms with E-state index >= 15 is 0 Å². The van der Waals surface area contributed by atoms with Crippen LogP contribution in [0.2, 0.25) is 5.15 Å². The third-order valence-corrected chi connectivity index (χ3v) is 3.40. The van der Waals surface area contributed by atoms with E-state index in [1.54, 1.807) is 0 Å². The molecule has 17 heavy (non-hydrogen) atoms. The quantitative estimate of drug-likeness (QED) is 0.781. The van der Waals surface area contributed by atoms with Crippen molar-refractivity contribution >= 4 is 22.5 Å². The van der Waals surface area contributed by atoms with Gasteiger partial charge < -0.3 is 4.57 Å². The van der Waals surface area contributed by atoms with Gasteiger partial charge in [0, 0.05) is 11.9 Å². The Hall–Kier alpha value is -1.46. The lowest BCUT2D eigenvalue weighted by atomic mass is 10.1. The number of nitriles is 1. The Morgan fingerprint density at radius 2 is 2.06 bits per heavy atom. The summed E-state index contributed by atoms with van der Waals surface area (Å²) in [5.74, 6) is 0. The van der Waals surface area contributed by atoms with Crippen molar-refractivity contribution in [1.82, 2.24) is 4.57 Å². The van der Waals surface area contributed by atoms with Crippen LogP contribution in [0.4, 0.5) is 0 Å². The number of fused-ring (bicyclic) bond motifs is 1. The van der Waals surface area contributed by atoms with Crippen LogP contribution in [0.15, 0.2) is 12.1 Å². The predicted octanol–water partition coefficient (Wildman–Crippen LogP) is 4.19. The second kappa shape index (κ2) is 4.43. The molecule has 1 heterocycles. The fraction of sp³-hybridized carbons (Fsp3) is 0.357. The van der Waals surface area contributed by atoms with Crippen LogP contribution in [0.5, 0.6) is 0 Å². The molecule has 0 bridgehead atoms. The van der Waals surface area contributed by atoms with Crippen LogP contribution in [0, 0.1) is 25.2 Å². The van der Waals surface area contributed by atoms with Gasteiger partial charge in [-0.1, -0.05) is 24.6 Å². The highest BCUT2D eigenvalue weighted by Crippen LogP contribution is 2.32. The maximum Gasteiger partial charge on any atom is 0.128 e. The maximum absolute atomic E-state index is 9.24. The van der Waals surface area contributed by atoms with E-state index < -0.39 is 0 Å². The number of nitrogens with zero attached hydrogens (tertiary/aromatic N) is 2. The average molecular weight is 247 g/mol. The van der Waals surface area contributed by atoms with Crippen LogP contribution >= 0.6 is 11.6 Å². The Bertz CT molecular complexity index is 617. The van der Waals surface area contributed by atoms with Crippen molar-refractivity contribution in [2.45, 2.75) is 33.7 Å². The summed E-state index contributed by atoms with van der Waals surface area (Å²) in [5.41, 5.74) is 4.00. The van der Waals surface area contributed by atoms with E-state index in [-0.39, 0.29) is 0 Å². The standard InChI is InChI=1S/C14H15ClN2/c1-4-5-17-12-7-9(2)6-10(3)13(12)11(8-16)14(17)15/h6-7H,4-5H2,1-3H3. The van der Waals surface area contributed by atoms with Gasteiger partial charge in [-0.3, -0.25) is 0 Å². The second-order valence-corrected chi connectivity index (χ2v) is 4.76. The average Bonchev–Trinajstić information content (AvgIpc) is 2.53. The Morgan fingerprint density at radius 3 is 2.65 bits per heavy atom. The van der Waals surface area contributed by atoms with Crippen LogP contribution in [0.3, 0.4) is 0 Å². The highest BCUT2D eigenvalue weighted by Gasteiger charge is 2.16. The lowest BCUT2D eigenvalue weighted by Crippen LogP contribution is -1.96. The molecule has 3 heteroatoms. The third-order valence-electron chi connectivity index (χ3n) is 3.00. The van der Waals surface area contributed by atoms with Crippen LogP contribution in [-0.4, -0.2) is 4.57 Å². The van der Waals surface area contributed by atoms with Crippen molar-refractivity contribution in [3.8, 4) is 6.07 Å². The van der Waals surface area contributed by atoms with E-state index in [0.29, 0.717) is 10.7 Å². The van der Waals surface area contributed by atoms with Crippen LogP contribution < -0.4 is 0 Å². The summed E-state index contributed by atoms with van der Waals surface area (Å²) in [4.78, 5) is 0. The van der Waals surface area contributed by atoms with Crippen molar-refractivity contribution in [3.63, 3.8) is 0 Å². The molecule has 0 fully saturated rings. The van der Waals surface area contributed by atoms with Gasteiger partial charge in [0.25, 0.3) is 0 Å². The maximum atomic E-state index is 9.24. The van der Waals surface area contributed by atoms with Crippen molar-refractivity contribution < 1.29 is 0 Å². The van der Waals surface area contributed by atoms with Gasteiger partial charge in [-0.25, -0.2) is 0 Å². The summed E-state index contributed by atoms with van der Waals surface area (Å²) in [5, 5.41) is 10.8. The zero-order valence-electron chi connectivity index (χ0n) is 10.3. The topological polar surface area (TPSA) is 28.7 Å². The predicted molar refractivity (Wildman–Crippen MR) is 71.4 cm³/mol. The van der Waals surface area contributed by atoms with Gasteiger partial charge in [0.1, 0.15) is 11.2 Å². The molecule has 0 N–H and O–H groups in total. The first-order chi connectivity index (χ1) is 8.10. The van der Waals surface area contributed by atoms with Crippen molar-refractivity contribution in [2.24, 2.45) is 0 Å². The minimum Gasteiger partial charge on any atom is -0.330 e. The third kappa shape index (κ3) is 1.81. The van der Waals surface area contributed by atoms with Gasteiger partial charge in [-0.05, 0) is 37.5 Å². The highest BCUT2D eigenvalue weighted by molar-refractivity contribution is 6.32. The van der Waals surface area contributed by atoms with E-state index in [1.807, 2.05) is 11.5 Å². The summed E-state index contributed by atoms with van der Waals surface area (Å²) in [6.45, 7) is 7.05. The molecular formula is C14H15ClN2. The SMILES string of the molecule is CCCn1c(Cl)c(C#N)c2c(C)cc(C)cc21. The summed E-state index contributed by atoms with van der Waals surface area (Å²) in [7, 11) is 0. The number of rotatable bonds is 2. The Labute approximate surface area is 106 Å². The Kier molecular flexibility index (Phi) is 3.13. The fourth-order valence-electron chi connectivity index (χ4n) is 2.37. The molecule has 0 radical (unpaired) electrons. The molecule has 0 aliphatic carbocycles. The van der Waals surface area contributed by atoms with Crippen LogP contribution in [-0.2, 0) is 6.54 Å². The first-order valence-electron chi connectivity index (χ1n) is 5.79. The second-order valence-electron chi connectivity index (χ2n) is 4.41. The summed E-state index contributed by atoms with van der Waals surface area (Å²) >= 11 is 6.30. The Morgan fingerprint density at radius 1 is 1.35 bits per heavy atom. The summed E-state index contributed by atoms with van der Waals surface area (Å²) in [6.07, 6.45) is 1.00. The molecule has 0 aliphatic rings. The van der Waals surface area contributed by atoms with Gasteiger partial charge in [0.05, 0.1) is 11.1 Å². The molecule has 0 atom stereocenters. The molecule has 2 nitrogen and oxygen atoms in total. The zero-order chi connectivity index (χ0) is 12.6. The van der Waals surface area contributed by atoms with E-state index in [4.69, 9.17) is 11.6 Å². The van der Waals surface area contributed by atoms with Gasteiger partial charge in [-0.15, -0.1) is 0 Å². The number of aryl methyl sites for hydroxylation is 3. The lowest BCUT2D eigenvalue weighted by molar-refractivity contribution is 0.703. The first kappa shape index (κ1) is 12.0. The fourth-order valence-corrected chi connectivity index (χ4v) is 2.68. The molecule has 88 valence electrons. The number of halogens is 1. The minimum atomic E-state index is 0.568. The van der Waals surface area contributed by atoms with E-state index in [1.165, 1.54) is 5.56 Å². The summed E-state index contributed by atoms with van der Waals surface area (Å²) < 4.78 is 2.04. The number of hydrogen-bond acceptors (Lipinski definition) is 1. The van der Waals surface area contributed by atoms with Crippen molar-refractivity contribution in [1.29, 1.82) is 5.26 Å². The zero-order valence-corrected chi connectivity index (χ0v) is 11.1. The van der Waals surface area contributed by atoms with Gasteiger partial charge >= 0.3 is 0 Å². The molecule has 0 spiro atoms. The molecule has 0 saturated carbocycles. The van der Waals surface area contributed by atoms with E-state index in [9.17, 15) is 5.26 Å². The molecule has 1 aromatic heterocycles. The molecule has 0 aliphatic heterocycles. The van der Waals surface area contributed by atoms with Crippen LogP contribution in [0.25, 0.3) is 10.9 Å². The molecule has 1 aromatic carbocycles. The van der Waals surface area contributed by atoms with Crippen molar-refractivity contribution in [3.05, 3.63) is 34.0 Å². The first-order valence-corrected chi connectivity index (χ1v) is 6.17. The van der Waals surface area contributed by atoms with Gasteiger partial charge in [-0.2, -0.15) is 5.26 Å². The van der Waals surface area contributed by atoms with Gasteiger partial charge in [0.2, 0.25) is 0 Å². The number of benzene rings is 1. The van der Waals surface area contributed by atoms with Crippen LogP contribution in [0.1, 0.15) is 30.0 Å². The molecule has 0 amide bonds.